The fourth-order valence-corrected chi connectivity index (χ4v) is 5.36. The molecule has 5 rings (SSSR count). The van der Waals surface area contributed by atoms with E-state index in [0.29, 0.717) is 34.7 Å². The van der Waals surface area contributed by atoms with Gasteiger partial charge >= 0.3 is 6.09 Å². The molecule has 2 amide bonds. The monoisotopic (exact) mass is 482 g/mol. The zero-order valence-electron chi connectivity index (χ0n) is 20.8. The van der Waals surface area contributed by atoms with Crippen molar-refractivity contribution in [3.8, 4) is 11.5 Å². The number of amides is 2. The highest BCUT2D eigenvalue weighted by Gasteiger charge is 2.41. The Morgan fingerprint density at radius 3 is 2.69 bits per heavy atom. The Kier molecular flexibility index (Phi) is 5.45. The average molecular weight is 483 g/mol. The second-order valence-corrected chi connectivity index (χ2v) is 11.1. The molecular weight excluding hydrogens is 451 g/mol. The van der Waals surface area contributed by atoms with Crippen LogP contribution in [0.2, 0.25) is 0 Å². The van der Waals surface area contributed by atoms with Crippen molar-refractivity contribution >= 4 is 17.7 Å². The zero-order valence-corrected chi connectivity index (χ0v) is 20.8. The van der Waals surface area contributed by atoms with E-state index in [2.05, 4.69) is 5.32 Å². The Morgan fingerprint density at radius 1 is 1.17 bits per heavy atom. The Labute approximate surface area is 204 Å². The molecule has 1 aliphatic carbocycles. The first-order chi connectivity index (χ1) is 16.4. The van der Waals surface area contributed by atoms with Gasteiger partial charge in [0.05, 0.1) is 0 Å². The highest BCUT2D eigenvalue weighted by atomic mass is 19.1. The van der Waals surface area contributed by atoms with E-state index in [0.717, 1.165) is 24.0 Å². The smallest absolute Gasteiger partial charge is 0.411 e. The predicted octanol–water partition coefficient (Wildman–Crippen LogP) is 5.25. The van der Waals surface area contributed by atoms with Gasteiger partial charge in [0.1, 0.15) is 17.5 Å². The summed E-state index contributed by atoms with van der Waals surface area (Å²) in [6.45, 7) is 9.79. The van der Waals surface area contributed by atoms with Crippen molar-refractivity contribution in [2.24, 2.45) is 0 Å². The van der Waals surface area contributed by atoms with Crippen molar-refractivity contribution in [2.75, 3.05) is 18.7 Å². The van der Waals surface area contributed by atoms with Gasteiger partial charge in [0.15, 0.2) is 11.5 Å². The van der Waals surface area contributed by atoms with Crippen LogP contribution >= 0.6 is 0 Å². The SMILES string of the molecule is CC(C)(C)OC(=O)N1CCc2c(ccc3c2OCO3)[C@@H]1C(=O)Nc1cc(F)c2c(c1)CCC2(C)C. The number of nitrogens with one attached hydrogen (secondary N) is 1. The van der Waals surface area contributed by atoms with E-state index < -0.39 is 23.6 Å². The fourth-order valence-electron chi connectivity index (χ4n) is 5.36. The maximum Gasteiger partial charge on any atom is 0.411 e. The van der Waals surface area contributed by atoms with Crippen LogP contribution in [0.1, 0.15) is 69.3 Å². The third-order valence-corrected chi connectivity index (χ3v) is 6.90. The first-order valence-corrected chi connectivity index (χ1v) is 12.0. The molecule has 3 aliphatic rings. The van der Waals surface area contributed by atoms with Gasteiger partial charge < -0.3 is 19.5 Å². The summed E-state index contributed by atoms with van der Waals surface area (Å²) >= 11 is 0. The number of hydrogen-bond donors (Lipinski definition) is 1. The number of nitrogens with zero attached hydrogens (tertiary/aromatic N) is 1. The Morgan fingerprint density at radius 2 is 1.94 bits per heavy atom. The quantitative estimate of drug-likeness (QED) is 0.633. The van der Waals surface area contributed by atoms with Gasteiger partial charge in [-0.15, -0.1) is 0 Å². The molecule has 8 heteroatoms. The number of hydrogen-bond acceptors (Lipinski definition) is 5. The Bertz CT molecular complexity index is 1220. The van der Waals surface area contributed by atoms with E-state index in [9.17, 15) is 9.59 Å². The number of carbonyl (C=O) groups is 2. The summed E-state index contributed by atoms with van der Waals surface area (Å²) in [6.07, 6.45) is 1.52. The number of ether oxygens (including phenoxy) is 3. The maximum absolute atomic E-state index is 15.1. The lowest BCUT2D eigenvalue weighted by atomic mass is 9.86. The number of aryl methyl sites for hydroxylation is 1. The van der Waals surface area contributed by atoms with Gasteiger partial charge in [-0.3, -0.25) is 9.69 Å². The van der Waals surface area contributed by atoms with Crippen molar-refractivity contribution in [3.63, 3.8) is 0 Å². The summed E-state index contributed by atoms with van der Waals surface area (Å²) in [5.41, 5.74) is 2.52. The molecule has 1 N–H and O–H groups in total. The van der Waals surface area contributed by atoms with Crippen LogP contribution in [0, 0.1) is 5.82 Å². The molecule has 0 spiro atoms. The number of rotatable bonds is 2. The first kappa shape index (κ1) is 23.5. The molecule has 2 aromatic rings. The third-order valence-electron chi connectivity index (χ3n) is 6.90. The molecule has 0 aromatic heterocycles. The van der Waals surface area contributed by atoms with E-state index in [1.54, 1.807) is 32.9 Å². The number of carbonyl (C=O) groups excluding carboxylic acids is 2. The Hall–Kier alpha value is -3.29. The van der Waals surface area contributed by atoms with Gasteiger partial charge in [-0.25, -0.2) is 9.18 Å². The summed E-state index contributed by atoms with van der Waals surface area (Å²) in [5, 5.41) is 2.87. The van der Waals surface area contributed by atoms with E-state index in [1.165, 1.54) is 11.0 Å². The standard InChI is InChI=1S/C27H31FN2O5/c1-26(2,3)35-25(32)30-11-9-18-17(6-7-20-23(18)34-14-33-20)22(30)24(31)29-16-12-15-8-10-27(4,5)21(15)19(28)13-16/h6-7,12-13,22H,8-11,14H2,1-5H3,(H,29,31)/t22-/m1/s1. The Balaban J connectivity index is 1.50. The van der Waals surface area contributed by atoms with E-state index in [4.69, 9.17) is 14.2 Å². The topological polar surface area (TPSA) is 77.1 Å². The summed E-state index contributed by atoms with van der Waals surface area (Å²) < 4.78 is 31.8. The van der Waals surface area contributed by atoms with Crippen LogP contribution in [0.25, 0.3) is 0 Å². The molecule has 7 nitrogen and oxygen atoms in total. The van der Waals surface area contributed by atoms with Crippen LogP contribution in [0.5, 0.6) is 11.5 Å². The van der Waals surface area contributed by atoms with Crippen LogP contribution in [-0.4, -0.2) is 35.8 Å². The average Bonchev–Trinajstić information content (AvgIpc) is 3.35. The molecular formula is C27H31FN2O5. The molecule has 0 bridgehead atoms. The van der Waals surface area contributed by atoms with Crippen LogP contribution in [0.4, 0.5) is 14.9 Å². The second kappa shape index (κ2) is 8.14. The van der Waals surface area contributed by atoms with Crippen LogP contribution in [0.3, 0.4) is 0 Å². The minimum atomic E-state index is -0.962. The fraction of sp³-hybridized carbons (Fsp3) is 0.481. The van der Waals surface area contributed by atoms with E-state index >= 15 is 4.39 Å². The maximum atomic E-state index is 15.1. The summed E-state index contributed by atoms with van der Waals surface area (Å²) in [4.78, 5) is 28.2. The van der Waals surface area contributed by atoms with Gasteiger partial charge in [-0.2, -0.15) is 0 Å². The highest BCUT2D eigenvalue weighted by molar-refractivity contribution is 5.98. The van der Waals surface area contributed by atoms with E-state index in [1.807, 2.05) is 19.9 Å². The van der Waals surface area contributed by atoms with Gasteiger partial charge in [0, 0.05) is 17.8 Å². The predicted molar refractivity (Wildman–Crippen MR) is 128 cm³/mol. The third kappa shape index (κ3) is 4.19. The lowest BCUT2D eigenvalue weighted by Crippen LogP contribution is -2.47. The first-order valence-electron chi connectivity index (χ1n) is 12.0. The largest absolute Gasteiger partial charge is 0.454 e. The van der Waals surface area contributed by atoms with Gasteiger partial charge in [-0.1, -0.05) is 19.9 Å². The van der Waals surface area contributed by atoms with Crippen LogP contribution in [0.15, 0.2) is 24.3 Å². The lowest BCUT2D eigenvalue weighted by molar-refractivity contribution is -0.122. The molecule has 2 heterocycles. The summed E-state index contributed by atoms with van der Waals surface area (Å²) in [7, 11) is 0. The normalized spacial score (nSPS) is 19.7. The van der Waals surface area contributed by atoms with Crippen molar-refractivity contribution in [1.82, 2.24) is 4.90 Å². The summed E-state index contributed by atoms with van der Waals surface area (Å²) in [5.74, 6) is 0.468. The minimum absolute atomic E-state index is 0.114. The minimum Gasteiger partial charge on any atom is -0.454 e. The molecule has 1 atom stereocenters. The van der Waals surface area contributed by atoms with Gasteiger partial charge in [-0.05, 0) is 80.3 Å². The highest BCUT2D eigenvalue weighted by Crippen LogP contribution is 2.44. The van der Waals surface area contributed by atoms with Crippen molar-refractivity contribution in [1.29, 1.82) is 0 Å². The molecule has 0 saturated heterocycles. The molecule has 0 saturated carbocycles. The van der Waals surface area contributed by atoms with Crippen molar-refractivity contribution in [3.05, 3.63) is 52.3 Å². The molecule has 2 aliphatic heterocycles. The number of benzene rings is 2. The van der Waals surface area contributed by atoms with Gasteiger partial charge in [0.2, 0.25) is 6.79 Å². The van der Waals surface area contributed by atoms with Crippen molar-refractivity contribution < 1.29 is 28.2 Å². The molecule has 0 fully saturated rings. The zero-order chi connectivity index (χ0) is 25.1. The molecule has 2 aromatic carbocycles. The van der Waals surface area contributed by atoms with Crippen LogP contribution in [-0.2, 0) is 27.8 Å². The number of anilines is 1. The van der Waals surface area contributed by atoms with Gasteiger partial charge in [0.25, 0.3) is 5.91 Å². The van der Waals surface area contributed by atoms with Crippen molar-refractivity contribution in [2.45, 2.75) is 70.9 Å². The van der Waals surface area contributed by atoms with E-state index in [-0.39, 0.29) is 24.6 Å². The lowest BCUT2D eigenvalue weighted by Gasteiger charge is -2.37. The summed E-state index contributed by atoms with van der Waals surface area (Å²) in [6, 6.07) is 5.78. The molecule has 0 radical (unpaired) electrons. The molecule has 0 unspecified atom stereocenters. The van der Waals surface area contributed by atoms with Crippen LogP contribution < -0.4 is 14.8 Å². The molecule has 35 heavy (non-hydrogen) atoms. The number of fused-ring (bicyclic) bond motifs is 4. The molecule has 186 valence electrons. The second-order valence-electron chi connectivity index (χ2n) is 11.1. The number of halogens is 1.